The lowest BCUT2D eigenvalue weighted by molar-refractivity contribution is -0.385. The Morgan fingerprint density at radius 1 is 1.57 bits per heavy atom. The second-order valence-electron chi connectivity index (χ2n) is 4.20. The number of nitro groups is 1. The molecule has 0 fully saturated rings. The minimum absolute atomic E-state index is 0.0880. The van der Waals surface area contributed by atoms with E-state index in [1.165, 1.54) is 23.6 Å². The Kier molecular flexibility index (Phi) is 4.87. The molecule has 0 saturated carbocycles. The fraction of sp³-hybridized carbons (Fsp3) is 0.231. The van der Waals surface area contributed by atoms with Gasteiger partial charge >= 0.3 is 5.69 Å². The van der Waals surface area contributed by atoms with Crippen LogP contribution in [-0.4, -0.2) is 15.8 Å². The molecule has 8 heteroatoms. The highest BCUT2D eigenvalue weighted by Crippen LogP contribution is 2.27. The largest absolute Gasteiger partial charge is 0.344 e. The van der Waals surface area contributed by atoms with Crippen LogP contribution in [0.2, 0.25) is 5.15 Å². The number of thiophene rings is 1. The monoisotopic (exact) mass is 325 g/mol. The maximum absolute atomic E-state index is 12.3. The first kappa shape index (κ1) is 15.4. The van der Waals surface area contributed by atoms with Crippen LogP contribution in [0, 0.1) is 10.1 Å². The van der Waals surface area contributed by atoms with Gasteiger partial charge in [-0.2, -0.15) is 0 Å². The van der Waals surface area contributed by atoms with Crippen LogP contribution in [0.4, 0.5) is 5.69 Å². The molecule has 2 heterocycles. The van der Waals surface area contributed by atoms with Gasteiger partial charge in [0.2, 0.25) is 5.15 Å². The van der Waals surface area contributed by atoms with Gasteiger partial charge in [0.25, 0.3) is 5.91 Å². The molecule has 0 radical (unpaired) electrons. The first-order chi connectivity index (χ1) is 10.0. The fourth-order valence-corrected chi connectivity index (χ4v) is 2.97. The SMILES string of the molecule is CCC(NC(=O)c1ccnc(Cl)c1[N+](=O)[O-])c1cccs1. The summed E-state index contributed by atoms with van der Waals surface area (Å²) in [6.07, 6.45) is 1.95. The van der Waals surface area contributed by atoms with E-state index in [9.17, 15) is 14.9 Å². The summed E-state index contributed by atoms with van der Waals surface area (Å²) < 4.78 is 0. The average molecular weight is 326 g/mol. The number of aromatic nitrogens is 1. The normalized spacial score (nSPS) is 11.9. The first-order valence-corrected chi connectivity index (χ1v) is 7.43. The number of halogens is 1. The van der Waals surface area contributed by atoms with E-state index in [1.54, 1.807) is 0 Å². The van der Waals surface area contributed by atoms with Crippen LogP contribution >= 0.6 is 22.9 Å². The van der Waals surface area contributed by atoms with Gasteiger partial charge in [-0.3, -0.25) is 14.9 Å². The maximum atomic E-state index is 12.3. The second kappa shape index (κ2) is 6.64. The molecule has 1 unspecified atom stereocenters. The quantitative estimate of drug-likeness (QED) is 0.517. The molecule has 0 bridgehead atoms. The number of amides is 1. The molecule has 0 aliphatic heterocycles. The molecule has 110 valence electrons. The van der Waals surface area contributed by atoms with E-state index in [2.05, 4.69) is 10.3 Å². The Bertz CT molecular complexity index is 661. The predicted molar refractivity (Wildman–Crippen MR) is 80.7 cm³/mol. The van der Waals surface area contributed by atoms with Crippen molar-refractivity contribution in [2.24, 2.45) is 0 Å². The number of nitrogens with zero attached hydrogens (tertiary/aromatic N) is 2. The smallest absolute Gasteiger partial charge is 0.319 e. The number of rotatable bonds is 5. The van der Waals surface area contributed by atoms with Gasteiger partial charge in [0, 0.05) is 11.1 Å². The number of nitrogens with one attached hydrogen (secondary N) is 1. The van der Waals surface area contributed by atoms with Crippen LogP contribution in [0.5, 0.6) is 0 Å². The van der Waals surface area contributed by atoms with Crippen LogP contribution < -0.4 is 5.32 Å². The summed E-state index contributed by atoms with van der Waals surface area (Å²) >= 11 is 7.23. The van der Waals surface area contributed by atoms with E-state index in [4.69, 9.17) is 11.6 Å². The van der Waals surface area contributed by atoms with Crippen molar-refractivity contribution in [3.63, 3.8) is 0 Å². The van der Waals surface area contributed by atoms with E-state index in [-0.39, 0.29) is 16.8 Å². The van der Waals surface area contributed by atoms with Crippen LogP contribution in [0.3, 0.4) is 0 Å². The van der Waals surface area contributed by atoms with Crippen molar-refractivity contribution in [3.8, 4) is 0 Å². The van der Waals surface area contributed by atoms with E-state index in [1.807, 2.05) is 24.4 Å². The molecule has 2 aromatic rings. The molecular weight excluding hydrogens is 314 g/mol. The van der Waals surface area contributed by atoms with Crippen molar-refractivity contribution in [1.82, 2.24) is 10.3 Å². The molecule has 0 aromatic carbocycles. The van der Waals surface area contributed by atoms with E-state index in [0.717, 1.165) is 4.88 Å². The van der Waals surface area contributed by atoms with Gasteiger partial charge in [-0.25, -0.2) is 4.98 Å². The molecule has 0 aliphatic rings. The Hall–Kier alpha value is -1.99. The van der Waals surface area contributed by atoms with Gasteiger partial charge in [-0.15, -0.1) is 11.3 Å². The molecule has 2 aromatic heterocycles. The molecule has 6 nitrogen and oxygen atoms in total. The lowest BCUT2D eigenvalue weighted by Gasteiger charge is -2.15. The molecule has 0 aliphatic carbocycles. The number of pyridine rings is 1. The third-order valence-electron chi connectivity index (χ3n) is 2.91. The lowest BCUT2D eigenvalue weighted by Crippen LogP contribution is -2.28. The van der Waals surface area contributed by atoms with Crippen molar-refractivity contribution in [2.75, 3.05) is 0 Å². The lowest BCUT2D eigenvalue weighted by atomic mass is 10.1. The highest BCUT2D eigenvalue weighted by Gasteiger charge is 2.26. The van der Waals surface area contributed by atoms with Crippen LogP contribution in [0.25, 0.3) is 0 Å². The van der Waals surface area contributed by atoms with Gasteiger partial charge in [0.1, 0.15) is 5.56 Å². The fourth-order valence-electron chi connectivity index (χ4n) is 1.89. The zero-order valence-corrected chi connectivity index (χ0v) is 12.6. The Morgan fingerprint density at radius 3 is 2.90 bits per heavy atom. The van der Waals surface area contributed by atoms with Gasteiger partial charge in [-0.05, 0) is 23.9 Å². The number of carbonyl (C=O) groups excluding carboxylic acids is 1. The summed E-state index contributed by atoms with van der Waals surface area (Å²) in [6, 6.07) is 4.90. The summed E-state index contributed by atoms with van der Waals surface area (Å²) in [4.78, 5) is 27.3. The number of hydrogen-bond acceptors (Lipinski definition) is 5. The highest BCUT2D eigenvalue weighted by atomic mass is 35.5. The average Bonchev–Trinajstić information content (AvgIpc) is 2.97. The summed E-state index contributed by atoms with van der Waals surface area (Å²) in [5, 5.41) is 15.4. The number of hydrogen-bond donors (Lipinski definition) is 1. The van der Waals surface area contributed by atoms with Crippen molar-refractivity contribution in [2.45, 2.75) is 19.4 Å². The van der Waals surface area contributed by atoms with Crippen LogP contribution in [0.1, 0.15) is 34.6 Å². The van der Waals surface area contributed by atoms with Crippen molar-refractivity contribution in [3.05, 3.63) is 55.5 Å². The predicted octanol–water partition coefficient (Wildman–Crippen LogP) is 3.59. The minimum Gasteiger partial charge on any atom is -0.344 e. The van der Waals surface area contributed by atoms with E-state index in [0.29, 0.717) is 6.42 Å². The van der Waals surface area contributed by atoms with Crippen molar-refractivity contribution in [1.29, 1.82) is 0 Å². The standard InChI is InChI=1S/C13H12ClN3O3S/c1-2-9(10-4-3-7-21-10)16-13(18)8-5-6-15-12(14)11(8)17(19)20/h3-7,9H,2H2,1H3,(H,16,18). The molecule has 1 N–H and O–H groups in total. The van der Waals surface area contributed by atoms with Crippen LogP contribution in [-0.2, 0) is 0 Å². The maximum Gasteiger partial charge on any atom is 0.319 e. The molecule has 0 spiro atoms. The number of carbonyl (C=O) groups is 1. The molecule has 21 heavy (non-hydrogen) atoms. The van der Waals surface area contributed by atoms with Crippen molar-refractivity contribution >= 4 is 34.5 Å². The molecular formula is C13H12ClN3O3S. The summed E-state index contributed by atoms with van der Waals surface area (Å²) in [7, 11) is 0. The zero-order valence-electron chi connectivity index (χ0n) is 11.1. The van der Waals surface area contributed by atoms with Crippen LogP contribution in [0.15, 0.2) is 29.8 Å². The third kappa shape index (κ3) is 3.37. The van der Waals surface area contributed by atoms with Gasteiger partial charge in [-0.1, -0.05) is 24.6 Å². The summed E-state index contributed by atoms with van der Waals surface area (Å²) in [6.45, 7) is 1.93. The Morgan fingerprint density at radius 2 is 2.33 bits per heavy atom. The molecule has 1 amide bonds. The highest BCUT2D eigenvalue weighted by molar-refractivity contribution is 7.10. The second-order valence-corrected chi connectivity index (χ2v) is 5.54. The molecule has 1 atom stereocenters. The third-order valence-corrected chi connectivity index (χ3v) is 4.17. The Labute approximate surface area is 129 Å². The van der Waals surface area contributed by atoms with Gasteiger partial charge < -0.3 is 5.32 Å². The first-order valence-electron chi connectivity index (χ1n) is 6.17. The Balaban J connectivity index is 2.29. The summed E-state index contributed by atoms with van der Waals surface area (Å²) in [5.41, 5.74) is -0.562. The van der Waals surface area contributed by atoms with Gasteiger partial charge in [0.15, 0.2) is 0 Å². The summed E-state index contributed by atoms with van der Waals surface area (Å²) in [5.74, 6) is -0.536. The topological polar surface area (TPSA) is 85.1 Å². The van der Waals surface area contributed by atoms with E-state index < -0.39 is 16.5 Å². The van der Waals surface area contributed by atoms with E-state index >= 15 is 0 Å². The molecule has 0 saturated heterocycles. The zero-order chi connectivity index (χ0) is 15.4. The van der Waals surface area contributed by atoms with Crippen molar-refractivity contribution < 1.29 is 9.72 Å². The minimum atomic E-state index is -0.698. The van der Waals surface area contributed by atoms with Gasteiger partial charge in [0.05, 0.1) is 11.0 Å². The molecule has 2 rings (SSSR count).